The van der Waals surface area contributed by atoms with Crippen LogP contribution in [0.4, 0.5) is 16.5 Å². The number of benzene rings is 1. The molecule has 1 unspecified atom stereocenters. The highest BCUT2D eigenvalue weighted by atomic mass is 32.1. The Labute approximate surface area is 193 Å². The molecule has 1 fully saturated rings. The van der Waals surface area contributed by atoms with Gasteiger partial charge < -0.3 is 15.5 Å². The highest BCUT2D eigenvalue weighted by Gasteiger charge is 2.29. The van der Waals surface area contributed by atoms with E-state index in [1.54, 1.807) is 28.6 Å². The monoisotopic (exact) mass is 466 g/mol. The van der Waals surface area contributed by atoms with Crippen molar-refractivity contribution < 1.29 is 14.5 Å². The van der Waals surface area contributed by atoms with E-state index in [2.05, 4.69) is 20.6 Å². The molecule has 3 heterocycles. The van der Waals surface area contributed by atoms with Crippen molar-refractivity contribution in [2.45, 2.75) is 19.4 Å². The molecule has 11 heteroatoms. The average molecular weight is 467 g/mol. The van der Waals surface area contributed by atoms with Crippen LogP contribution >= 0.6 is 11.3 Å². The molecule has 1 atom stereocenters. The second-order valence-electron chi connectivity index (χ2n) is 7.60. The van der Waals surface area contributed by atoms with Gasteiger partial charge in [-0.1, -0.05) is 6.07 Å². The van der Waals surface area contributed by atoms with Gasteiger partial charge in [0.25, 0.3) is 11.6 Å². The smallest absolute Gasteiger partial charge is 0.273 e. The van der Waals surface area contributed by atoms with Crippen LogP contribution in [-0.2, 0) is 11.3 Å². The quantitative estimate of drug-likeness (QED) is 0.403. The maximum Gasteiger partial charge on any atom is 0.273 e. The minimum absolute atomic E-state index is 0.000670. The number of hydrogen-bond acceptors (Lipinski definition) is 8. The number of nitrogens with one attached hydrogen (secondary N) is 2. The van der Waals surface area contributed by atoms with Gasteiger partial charge in [-0.3, -0.25) is 24.7 Å². The van der Waals surface area contributed by atoms with E-state index in [1.165, 1.54) is 23.5 Å². The van der Waals surface area contributed by atoms with Gasteiger partial charge in [0.15, 0.2) is 5.13 Å². The van der Waals surface area contributed by atoms with Crippen molar-refractivity contribution in [3.05, 3.63) is 75.5 Å². The molecule has 1 aromatic carbocycles. The molecule has 1 aliphatic rings. The van der Waals surface area contributed by atoms with E-state index >= 15 is 0 Å². The van der Waals surface area contributed by atoms with E-state index in [-0.39, 0.29) is 23.4 Å². The molecule has 33 heavy (non-hydrogen) atoms. The fourth-order valence-electron chi connectivity index (χ4n) is 3.58. The fourth-order valence-corrected chi connectivity index (χ4v) is 4.29. The number of hydrogen-bond donors (Lipinski definition) is 2. The number of pyridine rings is 1. The highest BCUT2D eigenvalue weighted by Crippen LogP contribution is 2.25. The number of anilines is 2. The normalized spacial score (nSPS) is 15.6. The van der Waals surface area contributed by atoms with Crippen LogP contribution in [0.25, 0.3) is 0 Å². The standard InChI is InChI=1S/C22H22N6O4S/c29-20(24-12-17-5-1-2-10-23-17)15-4-3-11-27(13-15)21(30)19-14-33-22(26-19)25-16-6-8-18(9-7-16)28(31)32/h1-2,5-10,14-15H,3-4,11-13H2,(H,24,29)(H,25,26). The Hall–Kier alpha value is -3.86. The van der Waals surface area contributed by atoms with Crippen LogP contribution in [-0.4, -0.2) is 44.7 Å². The SMILES string of the molecule is O=C(NCc1ccccn1)C1CCCN(C(=O)c2csc(Nc3ccc([N+](=O)[O-])cc3)n2)C1. The van der Waals surface area contributed by atoms with E-state index in [1.807, 2.05) is 18.2 Å². The minimum atomic E-state index is -0.464. The maximum absolute atomic E-state index is 13.0. The second kappa shape index (κ2) is 10.2. The summed E-state index contributed by atoms with van der Waals surface area (Å²) in [5.74, 6) is -0.579. The van der Waals surface area contributed by atoms with Gasteiger partial charge >= 0.3 is 0 Å². The lowest BCUT2D eigenvalue weighted by molar-refractivity contribution is -0.384. The zero-order valence-electron chi connectivity index (χ0n) is 17.6. The van der Waals surface area contributed by atoms with E-state index in [4.69, 9.17) is 0 Å². The molecule has 1 aliphatic heterocycles. The van der Waals surface area contributed by atoms with Gasteiger partial charge in [0.05, 0.1) is 23.1 Å². The van der Waals surface area contributed by atoms with Gasteiger partial charge in [0.2, 0.25) is 5.91 Å². The number of carbonyl (C=O) groups excluding carboxylic acids is 2. The average Bonchev–Trinajstić information content (AvgIpc) is 3.31. The Morgan fingerprint density at radius 2 is 2.03 bits per heavy atom. The summed E-state index contributed by atoms with van der Waals surface area (Å²) in [6.07, 6.45) is 3.15. The van der Waals surface area contributed by atoms with Gasteiger partial charge in [-0.25, -0.2) is 4.98 Å². The number of amides is 2. The van der Waals surface area contributed by atoms with Gasteiger partial charge in [-0.2, -0.15) is 0 Å². The Kier molecular flexibility index (Phi) is 6.89. The van der Waals surface area contributed by atoms with Crippen molar-refractivity contribution in [2.75, 3.05) is 18.4 Å². The largest absolute Gasteiger partial charge is 0.350 e. The lowest BCUT2D eigenvalue weighted by atomic mass is 9.97. The van der Waals surface area contributed by atoms with Crippen molar-refractivity contribution in [3.8, 4) is 0 Å². The molecule has 0 spiro atoms. The van der Waals surface area contributed by atoms with Crippen LogP contribution < -0.4 is 10.6 Å². The molecule has 0 bridgehead atoms. The number of nitro groups is 1. The molecule has 0 saturated carbocycles. The van der Waals surface area contributed by atoms with Crippen LogP contribution in [0, 0.1) is 16.0 Å². The highest BCUT2D eigenvalue weighted by molar-refractivity contribution is 7.14. The number of likely N-dealkylation sites (tertiary alicyclic amines) is 1. The summed E-state index contributed by atoms with van der Waals surface area (Å²) in [5.41, 5.74) is 1.72. The van der Waals surface area contributed by atoms with Gasteiger partial charge in [0.1, 0.15) is 5.69 Å². The lowest BCUT2D eigenvalue weighted by Crippen LogP contribution is -2.45. The third-order valence-corrected chi connectivity index (χ3v) is 6.06. The van der Waals surface area contributed by atoms with Crippen LogP contribution in [0.5, 0.6) is 0 Å². The van der Waals surface area contributed by atoms with Crippen molar-refractivity contribution in [1.82, 2.24) is 20.2 Å². The summed E-state index contributed by atoms with van der Waals surface area (Å²) in [6, 6.07) is 11.5. The van der Waals surface area contributed by atoms with E-state index in [9.17, 15) is 19.7 Å². The molecule has 170 valence electrons. The summed E-state index contributed by atoms with van der Waals surface area (Å²) in [7, 11) is 0. The number of rotatable bonds is 7. The van der Waals surface area contributed by atoms with Crippen LogP contribution in [0.2, 0.25) is 0 Å². The van der Waals surface area contributed by atoms with Gasteiger partial charge in [-0.15, -0.1) is 11.3 Å². The van der Waals surface area contributed by atoms with E-state index < -0.39 is 4.92 Å². The predicted molar refractivity (Wildman–Crippen MR) is 123 cm³/mol. The lowest BCUT2D eigenvalue weighted by Gasteiger charge is -2.31. The molecule has 2 amide bonds. The van der Waals surface area contributed by atoms with Gasteiger partial charge in [0, 0.05) is 42.5 Å². The van der Waals surface area contributed by atoms with E-state index in [0.717, 1.165) is 18.5 Å². The van der Waals surface area contributed by atoms with Crippen LogP contribution in [0.1, 0.15) is 29.0 Å². The summed E-state index contributed by atoms with van der Waals surface area (Å²) < 4.78 is 0. The number of piperidine rings is 1. The third kappa shape index (κ3) is 5.69. The summed E-state index contributed by atoms with van der Waals surface area (Å²) >= 11 is 1.27. The first-order valence-corrected chi connectivity index (χ1v) is 11.3. The Bertz CT molecular complexity index is 1140. The van der Waals surface area contributed by atoms with E-state index in [0.29, 0.717) is 36.1 Å². The van der Waals surface area contributed by atoms with Crippen LogP contribution in [0.3, 0.4) is 0 Å². The van der Waals surface area contributed by atoms with Gasteiger partial charge in [-0.05, 0) is 37.1 Å². The Morgan fingerprint density at radius 1 is 1.21 bits per heavy atom. The minimum Gasteiger partial charge on any atom is -0.350 e. The molecule has 10 nitrogen and oxygen atoms in total. The number of nitro benzene ring substituents is 1. The third-order valence-electron chi connectivity index (χ3n) is 5.30. The van der Waals surface area contributed by atoms with Crippen molar-refractivity contribution in [3.63, 3.8) is 0 Å². The molecule has 2 N–H and O–H groups in total. The zero-order valence-corrected chi connectivity index (χ0v) is 18.5. The Morgan fingerprint density at radius 3 is 2.76 bits per heavy atom. The fraction of sp³-hybridized carbons (Fsp3) is 0.273. The number of thiazole rings is 1. The van der Waals surface area contributed by atoms with Crippen molar-refractivity contribution in [1.29, 1.82) is 0 Å². The molecule has 0 aliphatic carbocycles. The topological polar surface area (TPSA) is 130 Å². The molecule has 2 aromatic heterocycles. The second-order valence-corrected chi connectivity index (χ2v) is 8.45. The molecular formula is C22H22N6O4S. The molecule has 1 saturated heterocycles. The molecule has 3 aromatic rings. The first kappa shape index (κ1) is 22.3. The van der Waals surface area contributed by atoms with Crippen molar-refractivity contribution >= 4 is 39.7 Å². The zero-order chi connectivity index (χ0) is 23.2. The predicted octanol–water partition coefficient (Wildman–Crippen LogP) is 3.36. The maximum atomic E-state index is 13.0. The first-order valence-electron chi connectivity index (χ1n) is 10.4. The summed E-state index contributed by atoms with van der Waals surface area (Å²) in [5, 5.41) is 18.9. The number of carbonyl (C=O) groups is 2. The number of non-ortho nitro benzene ring substituents is 1. The molecule has 4 rings (SSSR count). The first-order chi connectivity index (χ1) is 16.0. The van der Waals surface area contributed by atoms with Crippen molar-refractivity contribution in [2.24, 2.45) is 5.92 Å². The molecule has 0 radical (unpaired) electrons. The van der Waals surface area contributed by atoms with Crippen LogP contribution in [0.15, 0.2) is 54.0 Å². The number of aromatic nitrogens is 2. The number of nitrogens with zero attached hydrogens (tertiary/aromatic N) is 4. The summed E-state index contributed by atoms with van der Waals surface area (Å²) in [4.78, 5) is 46.1. The summed E-state index contributed by atoms with van der Waals surface area (Å²) in [6.45, 7) is 1.27. The Balaban J connectivity index is 1.33. The molecular weight excluding hydrogens is 444 g/mol.